The van der Waals surface area contributed by atoms with Gasteiger partial charge in [0.25, 0.3) is 0 Å². The van der Waals surface area contributed by atoms with Gasteiger partial charge in [0.2, 0.25) is 5.91 Å². The van der Waals surface area contributed by atoms with E-state index in [2.05, 4.69) is 4.98 Å². The van der Waals surface area contributed by atoms with Crippen LogP contribution in [0.5, 0.6) is 0 Å². The molecule has 1 saturated heterocycles. The first kappa shape index (κ1) is 15.1. The van der Waals surface area contributed by atoms with Crippen molar-refractivity contribution < 1.29 is 14.8 Å². The Kier molecular flexibility index (Phi) is 4.20. The highest BCUT2D eigenvalue weighted by atomic mass is 16.4. The number of benzene rings is 1. The van der Waals surface area contributed by atoms with Crippen LogP contribution in [0, 0.1) is 0 Å². The summed E-state index contributed by atoms with van der Waals surface area (Å²) in [5.74, 6) is -0.762. The molecule has 0 aliphatic carbocycles. The highest BCUT2D eigenvalue weighted by molar-refractivity contribution is 6.43. The number of nitrogens with one attached hydrogen (secondary N) is 1. The minimum Gasteiger partial charge on any atom is -0.426 e. The molecule has 1 aliphatic heterocycles. The first-order valence-electron chi connectivity index (χ1n) is 7.55. The highest BCUT2D eigenvalue weighted by Gasteiger charge is 2.38. The largest absolute Gasteiger partial charge is 0.475 e. The third-order valence-corrected chi connectivity index (χ3v) is 4.36. The van der Waals surface area contributed by atoms with Crippen molar-refractivity contribution in [2.75, 3.05) is 6.54 Å². The second-order valence-electron chi connectivity index (χ2n) is 5.82. The molecule has 22 heavy (non-hydrogen) atoms. The Hall–Kier alpha value is -1.83. The Morgan fingerprint density at radius 3 is 3.00 bits per heavy atom. The van der Waals surface area contributed by atoms with Gasteiger partial charge in [-0.05, 0) is 30.9 Å². The molecule has 3 rings (SSSR count). The average Bonchev–Trinajstić information content (AvgIpc) is 3.14. The molecule has 0 unspecified atom stereocenters. The van der Waals surface area contributed by atoms with E-state index in [1.807, 2.05) is 30.5 Å². The number of nitrogens with two attached hydrogens (primary N) is 1. The van der Waals surface area contributed by atoms with Crippen molar-refractivity contribution in [1.82, 2.24) is 9.88 Å². The fourth-order valence-electron chi connectivity index (χ4n) is 3.21. The summed E-state index contributed by atoms with van der Waals surface area (Å²) < 4.78 is 0. The number of hydrogen-bond donors (Lipinski definition) is 4. The van der Waals surface area contributed by atoms with E-state index in [9.17, 15) is 14.8 Å². The third kappa shape index (κ3) is 2.75. The van der Waals surface area contributed by atoms with Crippen molar-refractivity contribution in [2.45, 2.75) is 31.2 Å². The van der Waals surface area contributed by atoms with Crippen LogP contribution in [0.25, 0.3) is 10.9 Å². The normalized spacial score (nSPS) is 19.6. The molecule has 1 aromatic heterocycles. The summed E-state index contributed by atoms with van der Waals surface area (Å²) in [5, 5.41) is 19.8. The zero-order chi connectivity index (χ0) is 15.7. The van der Waals surface area contributed by atoms with E-state index < -0.39 is 19.1 Å². The number of H-pyrrole nitrogens is 1. The lowest BCUT2D eigenvalue weighted by Gasteiger charge is -2.26. The first-order chi connectivity index (χ1) is 10.6. The molecule has 6 nitrogen and oxygen atoms in total. The van der Waals surface area contributed by atoms with E-state index >= 15 is 0 Å². The lowest BCUT2D eigenvalue weighted by Crippen LogP contribution is -2.51. The Labute approximate surface area is 129 Å². The molecular formula is C15H20BN3O3. The van der Waals surface area contributed by atoms with E-state index in [-0.39, 0.29) is 5.91 Å². The second kappa shape index (κ2) is 6.12. The molecule has 1 amide bonds. The summed E-state index contributed by atoms with van der Waals surface area (Å²) in [5.41, 5.74) is 8.09. The lowest BCUT2D eigenvalue weighted by atomic mass is 9.77. The van der Waals surface area contributed by atoms with Crippen molar-refractivity contribution in [3.8, 4) is 0 Å². The van der Waals surface area contributed by atoms with Gasteiger partial charge in [0.1, 0.15) is 0 Å². The van der Waals surface area contributed by atoms with Crippen molar-refractivity contribution in [3.05, 3.63) is 36.0 Å². The molecule has 5 N–H and O–H groups in total. The number of rotatable bonds is 4. The minimum absolute atomic E-state index is 0.221. The Balaban J connectivity index is 1.74. The van der Waals surface area contributed by atoms with Crippen LogP contribution in [-0.4, -0.2) is 51.5 Å². The number of carbonyl (C=O) groups excluding carboxylic acids is 1. The first-order valence-corrected chi connectivity index (χ1v) is 7.55. The molecule has 1 fully saturated rings. The Morgan fingerprint density at radius 1 is 1.45 bits per heavy atom. The summed E-state index contributed by atoms with van der Waals surface area (Å²) in [4.78, 5) is 17.2. The summed E-state index contributed by atoms with van der Waals surface area (Å²) in [6.07, 6.45) is 3.67. The third-order valence-electron chi connectivity index (χ3n) is 4.36. The molecule has 1 aromatic carbocycles. The molecule has 2 heterocycles. The number of aromatic amines is 1. The van der Waals surface area contributed by atoms with Crippen LogP contribution < -0.4 is 5.73 Å². The maximum atomic E-state index is 12.5. The number of para-hydroxylation sites is 1. The van der Waals surface area contributed by atoms with E-state index in [0.717, 1.165) is 22.9 Å². The summed E-state index contributed by atoms with van der Waals surface area (Å²) >= 11 is 0. The van der Waals surface area contributed by atoms with Crippen LogP contribution >= 0.6 is 0 Å². The highest BCUT2D eigenvalue weighted by Crippen LogP contribution is 2.22. The maximum absolute atomic E-state index is 12.5. The predicted octanol–water partition coefficient (Wildman–Crippen LogP) is 0.0407. The number of nitrogens with zero attached hydrogens (tertiary/aromatic N) is 1. The predicted molar refractivity (Wildman–Crippen MR) is 84.9 cm³/mol. The number of likely N-dealkylation sites (tertiary alicyclic amines) is 1. The van der Waals surface area contributed by atoms with E-state index in [4.69, 9.17) is 5.73 Å². The van der Waals surface area contributed by atoms with Gasteiger partial charge in [-0.3, -0.25) is 4.79 Å². The summed E-state index contributed by atoms with van der Waals surface area (Å²) in [6.45, 7) is 0.530. The molecule has 0 bridgehead atoms. The monoisotopic (exact) mass is 301 g/mol. The number of amides is 1. The Bertz CT molecular complexity index is 673. The number of aromatic nitrogens is 1. The zero-order valence-corrected chi connectivity index (χ0v) is 12.3. The quantitative estimate of drug-likeness (QED) is 0.599. The van der Waals surface area contributed by atoms with Crippen molar-refractivity contribution in [1.29, 1.82) is 0 Å². The molecule has 0 spiro atoms. The van der Waals surface area contributed by atoms with Crippen LogP contribution in [0.4, 0.5) is 0 Å². The zero-order valence-electron chi connectivity index (χ0n) is 12.3. The molecule has 116 valence electrons. The standard InChI is InChI=1S/C15H20BN3O3/c17-12(15(20)19-7-3-6-14(19)16(21)22)8-10-9-18-13-5-2-1-4-11(10)13/h1-2,4-5,9,12,14,18,21-22H,3,6-8,17H2/t12-,14-/m0/s1. The fraction of sp³-hybridized carbons (Fsp3) is 0.400. The summed E-state index contributed by atoms with van der Waals surface area (Å²) in [7, 11) is -1.51. The maximum Gasteiger partial charge on any atom is 0.475 e. The van der Waals surface area contributed by atoms with Gasteiger partial charge in [0.05, 0.1) is 12.0 Å². The smallest absolute Gasteiger partial charge is 0.426 e. The van der Waals surface area contributed by atoms with Gasteiger partial charge in [-0.25, -0.2) is 0 Å². The van der Waals surface area contributed by atoms with Gasteiger partial charge in [0, 0.05) is 23.6 Å². The van der Waals surface area contributed by atoms with Crippen molar-refractivity contribution >= 4 is 23.9 Å². The van der Waals surface area contributed by atoms with Gasteiger partial charge >= 0.3 is 7.12 Å². The molecule has 2 aromatic rings. The molecule has 0 radical (unpaired) electrons. The van der Waals surface area contributed by atoms with Crippen LogP contribution in [0.3, 0.4) is 0 Å². The fourth-order valence-corrected chi connectivity index (χ4v) is 3.21. The summed E-state index contributed by atoms with van der Waals surface area (Å²) in [6, 6.07) is 7.19. The van der Waals surface area contributed by atoms with Gasteiger partial charge < -0.3 is 25.7 Å². The average molecular weight is 301 g/mol. The van der Waals surface area contributed by atoms with Crippen LogP contribution in [-0.2, 0) is 11.2 Å². The number of fused-ring (bicyclic) bond motifs is 1. The van der Waals surface area contributed by atoms with Gasteiger partial charge in [-0.2, -0.15) is 0 Å². The topological polar surface area (TPSA) is 103 Å². The molecule has 1 aliphatic rings. The molecular weight excluding hydrogens is 281 g/mol. The number of hydrogen-bond acceptors (Lipinski definition) is 4. The van der Waals surface area contributed by atoms with Crippen LogP contribution in [0.2, 0.25) is 0 Å². The van der Waals surface area contributed by atoms with Gasteiger partial charge in [-0.1, -0.05) is 18.2 Å². The Morgan fingerprint density at radius 2 is 2.23 bits per heavy atom. The van der Waals surface area contributed by atoms with Crippen molar-refractivity contribution in [2.24, 2.45) is 5.73 Å². The number of carbonyl (C=O) groups is 1. The van der Waals surface area contributed by atoms with Gasteiger partial charge in [0.15, 0.2) is 0 Å². The molecule has 7 heteroatoms. The van der Waals surface area contributed by atoms with Crippen molar-refractivity contribution in [3.63, 3.8) is 0 Å². The minimum atomic E-state index is -1.51. The van der Waals surface area contributed by atoms with E-state index in [1.54, 1.807) is 0 Å². The van der Waals surface area contributed by atoms with Gasteiger partial charge in [-0.15, -0.1) is 0 Å². The second-order valence-corrected chi connectivity index (χ2v) is 5.82. The lowest BCUT2D eigenvalue weighted by molar-refractivity contribution is -0.132. The van der Waals surface area contributed by atoms with Crippen LogP contribution in [0.1, 0.15) is 18.4 Å². The van der Waals surface area contributed by atoms with Crippen LogP contribution in [0.15, 0.2) is 30.5 Å². The molecule has 0 saturated carbocycles. The van der Waals surface area contributed by atoms with E-state index in [1.165, 1.54) is 4.90 Å². The molecule has 2 atom stereocenters. The van der Waals surface area contributed by atoms with E-state index in [0.29, 0.717) is 19.4 Å². The SMILES string of the molecule is N[C@@H](Cc1c[nH]c2ccccc12)C(=O)N1CCC[C@H]1B(O)O.